The van der Waals surface area contributed by atoms with Gasteiger partial charge in [0.2, 0.25) is 0 Å². The SMILES string of the molecule is CCC(CC)(c1ccc(O)c(C)c1)c1csc(C(=O)O)c1C. The molecule has 22 heavy (non-hydrogen) atoms. The molecular formula is C18H22O3S. The van der Waals surface area contributed by atoms with Crippen molar-refractivity contribution in [3.05, 3.63) is 50.7 Å². The van der Waals surface area contributed by atoms with Crippen molar-refractivity contribution in [2.75, 3.05) is 0 Å². The van der Waals surface area contributed by atoms with Crippen LogP contribution in [0.2, 0.25) is 0 Å². The summed E-state index contributed by atoms with van der Waals surface area (Å²) in [6, 6.07) is 5.69. The van der Waals surface area contributed by atoms with Gasteiger partial charge in [-0.3, -0.25) is 0 Å². The molecule has 0 saturated heterocycles. The van der Waals surface area contributed by atoms with Crippen molar-refractivity contribution < 1.29 is 15.0 Å². The molecule has 3 nitrogen and oxygen atoms in total. The topological polar surface area (TPSA) is 57.5 Å². The van der Waals surface area contributed by atoms with E-state index in [1.807, 2.05) is 31.4 Å². The number of aryl methyl sites for hydroxylation is 1. The number of phenols is 1. The maximum absolute atomic E-state index is 11.4. The molecule has 2 N–H and O–H groups in total. The predicted molar refractivity (Wildman–Crippen MR) is 90.2 cm³/mol. The highest BCUT2D eigenvalue weighted by Crippen LogP contribution is 2.43. The molecule has 0 spiro atoms. The molecule has 0 aliphatic rings. The van der Waals surface area contributed by atoms with Crippen LogP contribution in [0.15, 0.2) is 23.6 Å². The van der Waals surface area contributed by atoms with E-state index in [-0.39, 0.29) is 11.2 Å². The third-order valence-electron chi connectivity index (χ3n) is 4.71. The third-order valence-corrected chi connectivity index (χ3v) is 5.78. The number of aromatic carboxylic acids is 1. The van der Waals surface area contributed by atoms with Gasteiger partial charge in [0, 0.05) is 5.41 Å². The van der Waals surface area contributed by atoms with E-state index >= 15 is 0 Å². The molecule has 1 aromatic carbocycles. The monoisotopic (exact) mass is 318 g/mol. The van der Waals surface area contributed by atoms with Crippen LogP contribution in [0.1, 0.15) is 58.6 Å². The van der Waals surface area contributed by atoms with Gasteiger partial charge >= 0.3 is 5.97 Å². The number of hydrogen-bond donors (Lipinski definition) is 2. The van der Waals surface area contributed by atoms with Crippen molar-refractivity contribution in [1.29, 1.82) is 0 Å². The van der Waals surface area contributed by atoms with Crippen LogP contribution in [0.3, 0.4) is 0 Å². The summed E-state index contributed by atoms with van der Waals surface area (Å²) in [5.74, 6) is -0.574. The number of hydrogen-bond acceptors (Lipinski definition) is 3. The van der Waals surface area contributed by atoms with Gasteiger partial charge in [0.15, 0.2) is 0 Å². The van der Waals surface area contributed by atoms with Crippen LogP contribution < -0.4 is 0 Å². The lowest BCUT2D eigenvalue weighted by Gasteiger charge is -2.33. The molecule has 2 aromatic rings. The van der Waals surface area contributed by atoms with E-state index in [9.17, 15) is 15.0 Å². The van der Waals surface area contributed by atoms with Gasteiger partial charge in [-0.15, -0.1) is 11.3 Å². The van der Waals surface area contributed by atoms with Gasteiger partial charge in [0.1, 0.15) is 10.6 Å². The van der Waals surface area contributed by atoms with Gasteiger partial charge in [0.05, 0.1) is 0 Å². The van der Waals surface area contributed by atoms with Gasteiger partial charge < -0.3 is 10.2 Å². The number of phenolic OH excluding ortho intramolecular Hbond substituents is 1. The minimum atomic E-state index is -0.864. The Morgan fingerprint density at radius 1 is 1.23 bits per heavy atom. The van der Waals surface area contributed by atoms with Crippen LogP contribution in [0.5, 0.6) is 5.75 Å². The van der Waals surface area contributed by atoms with Crippen LogP contribution in [0.25, 0.3) is 0 Å². The first-order chi connectivity index (χ1) is 10.4. The molecule has 1 heterocycles. The van der Waals surface area contributed by atoms with E-state index in [0.717, 1.165) is 35.1 Å². The Labute approximate surface area is 135 Å². The Kier molecular flexibility index (Phi) is 4.61. The summed E-state index contributed by atoms with van der Waals surface area (Å²) >= 11 is 1.29. The Bertz CT molecular complexity index is 696. The molecule has 0 saturated carbocycles. The first-order valence-electron chi connectivity index (χ1n) is 7.49. The summed E-state index contributed by atoms with van der Waals surface area (Å²) in [5.41, 5.74) is 3.70. The van der Waals surface area contributed by atoms with E-state index in [2.05, 4.69) is 13.8 Å². The predicted octanol–water partition coefficient (Wildman–Crippen LogP) is 4.87. The fourth-order valence-corrected chi connectivity index (χ4v) is 4.27. The molecular weight excluding hydrogens is 296 g/mol. The molecule has 0 amide bonds. The largest absolute Gasteiger partial charge is 0.508 e. The number of rotatable bonds is 5. The molecule has 2 rings (SSSR count). The van der Waals surface area contributed by atoms with Gasteiger partial charge in [-0.05, 0) is 60.4 Å². The summed E-state index contributed by atoms with van der Waals surface area (Å²) in [7, 11) is 0. The lowest BCUT2D eigenvalue weighted by atomic mass is 9.70. The molecule has 0 bridgehead atoms. The zero-order valence-corrected chi connectivity index (χ0v) is 14.3. The minimum Gasteiger partial charge on any atom is -0.508 e. The Balaban J connectivity index is 2.67. The van der Waals surface area contributed by atoms with Crippen molar-refractivity contribution in [3.63, 3.8) is 0 Å². The molecule has 0 unspecified atom stereocenters. The van der Waals surface area contributed by atoms with E-state index in [1.54, 1.807) is 6.07 Å². The highest BCUT2D eigenvalue weighted by Gasteiger charge is 2.34. The van der Waals surface area contributed by atoms with E-state index in [0.29, 0.717) is 4.88 Å². The molecule has 1 aromatic heterocycles. The average molecular weight is 318 g/mol. The molecule has 0 atom stereocenters. The minimum absolute atomic E-state index is 0.216. The maximum Gasteiger partial charge on any atom is 0.346 e. The molecule has 0 radical (unpaired) electrons. The number of carbonyl (C=O) groups is 1. The first kappa shape index (κ1) is 16.6. The maximum atomic E-state index is 11.4. The highest BCUT2D eigenvalue weighted by molar-refractivity contribution is 7.12. The third kappa shape index (κ3) is 2.52. The van der Waals surface area contributed by atoms with Crippen molar-refractivity contribution in [3.8, 4) is 5.75 Å². The quantitative estimate of drug-likeness (QED) is 0.826. The van der Waals surface area contributed by atoms with E-state index in [1.165, 1.54) is 11.3 Å². The van der Waals surface area contributed by atoms with Gasteiger partial charge in [-0.1, -0.05) is 26.0 Å². The Morgan fingerprint density at radius 3 is 2.32 bits per heavy atom. The summed E-state index contributed by atoms with van der Waals surface area (Å²) in [6.45, 7) is 8.03. The highest BCUT2D eigenvalue weighted by atomic mass is 32.1. The Morgan fingerprint density at radius 2 is 1.86 bits per heavy atom. The lowest BCUT2D eigenvalue weighted by molar-refractivity contribution is 0.0701. The zero-order valence-electron chi connectivity index (χ0n) is 13.4. The fourth-order valence-electron chi connectivity index (χ4n) is 3.25. The summed E-state index contributed by atoms with van der Waals surface area (Å²) < 4.78 is 0. The first-order valence-corrected chi connectivity index (χ1v) is 8.37. The van der Waals surface area contributed by atoms with E-state index in [4.69, 9.17) is 0 Å². The average Bonchev–Trinajstić information content (AvgIpc) is 2.87. The number of benzene rings is 1. The molecule has 118 valence electrons. The number of thiophene rings is 1. The smallest absolute Gasteiger partial charge is 0.346 e. The second-order valence-corrected chi connectivity index (χ2v) is 6.58. The number of aromatic hydroxyl groups is 1. The normalized spacial score (nSPS) is 11.6. The molecule has 0 aliphatic carbocycles. The molecule has 0 fully saturated rings. The Hall–Kier alpha value is -1.81. The van der Waals surface area contributed by atoms with Gasteiger partial charge in [-0.2, -0.15) is 0 Å². The standard InChI is InChI=1S/C18H22O3S/c1-5-18(6-2,13-7-8-15(19)11(3)9-13)14-10-22-16(12(14)4)17(20)21/h7-10,19H,5-6H2,1-4H3,(H,20,21). The van der Waals surface area contributed by atoms with Crippen LogP contribution in [0.4, 0.5) is 0 Å². The van der Waals surface area contributed by atoms with Crippen LogP contribution in [-0.2, 0) is 5.41 Å². The second-order valence-electron chi connectivity index (χ2n) is 5.70. The van der Waals surface area contributed by atoms with E-state index < -0.39 is 5.97 Å². The fraction of sp³-hybridized carbons (Fsp3) is 0.389. The van der Waals surface area contributed by atoms with Crippen LogP contribution >= 0.6 is 11.3 Å². The lowest BCUT2D eigenvalue weighted by Crippen LogP contribution is -2.26. The summed E-state index contributed by atoms with van der Waals surface area (Å²) in [5, 5.41) is 21.1. The number of carboxylic acid groups (broad SMARTS) is 1. The van der Waals surface area contributed by atoms with Crippen molar-refractivity contribution in [2.45, 2.75) is 46.0 Å². The van der Waals surface area contributed by atoms with Gasteiger partial charge in [0.25, 0.3) is 0 Å². The van der Waals surface area contributed by atoms with Crippen molar-refractivity contribution in [1.82, 2.24) is 0 Å². The second kappa shape index (κ2) is 6.13. The zero-order chi connectivity index (χ0) is 16.5. The van der Waals surface area contributed by atoms with Crippen LogP contribution in [0, 0.1) is 13.8 Å². The molecule has 4 heteroatoms. The van der Waals surface area contributed by atoms with Crippen molar-refractivity contribution in [2.24, 2.45) is 0 Å². The molecule has 0 aliphatic heterocycles. The van der Waals surface area contributed by atoms with Crippen molar-refractivity contribution >= 4 is 17.3 Å². The van der Waals surface area contributed by atoms with Gasteiger partial charge in [-0.25, -0.2) is 4.79 Å². The summed E-state index contributed by atoms with van der Waals surface area (Å²) in [6.07, 6.45) is 1.76. The number of carboxylic acids is 1. The summed E-state index contributed by atoms with van der Waals surface area (Å²) in [4.78, 5) is 11.8. The van der Waals surface area contributed by atoms with Crippen LogP contribution in [-0.4, -0.2) is 16.2 Å².